The van der Waals surface area contributed by atoms with Crippen molar-refractivity contribution in [3.05, 3.63) is 12.7 Å². The van der Waals surface area contributed by atoms with Gasteiger partial charge in [0.05, 0.1) is 0 Å². The second-order valence-corrected chi connectivity index (χ2v) is 5.12. The van der Waals surface area contributed by atoms with Gasteiger partial charge in [-0.2, -0.15) is 0 Å². The van der Waals surface area contributed by atoms with Gasteiger partial charge in [0, 0.05) is 5.92 Å². The van der Waals surface area contributed by atoms with Gasteiger partial charge in [0.1, 0.15) is 11.7 Å². The van der Waals surface area contributed by atoms with E-state index in [0.717, 1.165) is 0 Å². The van der Waals surface area contributed by atoms with Gasteiger partial charge >= 0.3 is 5.97 Å². The van der Waals surface area contributed by atoms with Crippen LogP contribution in [0.4, 0.5) is 0 Å². The first-order valence-corrected chi connectivity index (χ1v) is 5.51. The van der Waals surface area contributed by atoms with Crippen LogP contribution in [0.1, 0.15) is 27.7 Å². The van der Waals surface area contributed by atoms with Crippen LogP contribution in [0.2, 0.25) is 0 Å². The number of ether oxygens (including phenoxy) is 3. The van der Waals surface area contributed by atoms with Crippen LogP contribution in [-0.4, -0.2) is 29.6 Å². The van der Waals surface area contributed by atoms with Gasteiger partial charge in [-0.15, -0.1) is 0 Å². The normalized spacial score (nSPS) is 46.0. The number of cyclic esters (lactones) is 1. The molecular formula is C12H18O4. The maximum absolute atomic E-state index is 11.8. The Morgan fingerprint density at radius 2 is 1.94 bits per heavy atom. The highest BCUT2D eigenvalue weighted by Crippen LogP contribution is 2.42. The average Bonchev–Trinajstić information content (AvgIpc) is 2.52. The fourth-order valence-corrected chi connectivity index (χ4v) is 2.26. The monoisotopic (exact) mass is 226 g/mol. The Bertz CT molecular complexity index is 336. The van der Waals surface area contributed by atoms with E-state index in [1.54, 1.807) is 19.9 Å². The Morgan fingerprint density at radius 3 is 2.50 bits per heavy atom. The largest absolute Gasteiger partial charge is 0.453 e. The average molecular weight is 226 g/mol. The molecule has 2 aliphatic rings. The van der Waals surface area contributed by atoms with Crippen LogP contribution < -0.4 is 0 Å². The Kier molecular flexibility index (Phi) is 2.40. The van der Waals surface area contributed by atoms with Gasteiger partial charge in [-0.3, -0.25) is 0 Å². The molecule has 16 heavy (non-hydrogen) atoms. The molecule has 2 aliphatic heterocycles. The lowest BCUT2D eigenvalue weighted by Crippen LogP contribution is -2.55. The first-order valence-electron chi connectivity index (χ1n) is 5.51. The van der Waals surface area contributed by atoms with Crippen molar-refractivity contribution in [2.24, 2.45) is 5.92 Å². The first kappa shape index (κ1) is 11.6. The van der Waals surface area contributed by atoms with E-state index in [1.807, 2.05) is 13.8 Å². The highest BCUT2D eigenvalue weighted by molar-refractivity contribution is 5.77. The van der Waals surface area contributed by atoms with Crippen LogP contribution in [0.5, 0.6) is 0 Å². The maximum atomic E-state index is 11.8. The van der Waals surface area contributed by atoms with E-state index >= 15 is 0 Å². The molecule has 0 unspecified atom stereocenters. The molecule has 0 aromatic heterocycles. The number of hydrogen-bond acceptors (Lipinski definition) is 4. The van der Waals surface area contributed by atoms with Crippen LogP contribution in [-0.2, 0) is 19.0 Å². The summed E-state index contributed by atoms with van der Waals surface area (Å²) in [6.07, 6.45) is 0.776. The lowest BCUT2D eigenvalue weighted by atomic mass is 9.81. The summed E-state index contributed by atoms with van der Waals surface area (Å²) < 4.78 is 16.7. The summed E-state index contributed by atoms with van der Waals surface area (Å²) in [6.45, 7) is 11.1. The minimum Gasteiger partial charge on any atom is -0.453 e. The third kappa shape index (κ3) is 1.57. The second-order valence-electron chi connectivity index (χ2n) is 5.12. The number of carbonyl (C=O) groups is 1. The summed E-state index contributed by atoms with van der Waals surface area (Å²) in [5.74, 6) is -1.07. The lowest BCUT2D eigenvalue weighted by Gasteiger charge is -2.41. The molecule has 4 atom stereocenters. The summed E-state index contributed by atoms with van der Waals surface area (Å²) in [7, 11) is 0. The highest BCUT2D eigenvalue weighted by Gasteiger charge is 2.57. The van der Waals surface area contributed by atoms with Gasteiger partial charge in [0.15, 0.2) is 11.9 Å². The molecule has 0 spiro atoms. The van der Waals surface area contributed by atoms with Crippen LogP contribution in [0.15, 0.2) is 12.7 Å². The Hall–Kier alpha value is -0.870. The third-order valence-corrected chi connectivity index (χ3v) is 3.48. The van der Waals surface area contributed by atoms with Gasteiger partial charge in [0.2, 0.25) is 0 Å². The van der Waals surface area contributed by atoms with Crippen LogP contribution in [0.3, 0.4) is 0 Å². The molecule has 4 heteroatoms. The molecule has 0 saturated carbocycles. The second kappa shape index (κ2) is 3.31. The lowest BCUT2D eigenvalue weighted by molar-refractivity contribution is -0.185. The van der Waals surface area contributed by atoms with Gasteiger partial charge < -0.3 is 14.2 Å². The Balaban J connectivity index is 2.31. The zero-order valence-corrected chi connectivity index (χ0v) is 10.1. The number of hydrogen-bond donors (Lipinski definition) is 0. The molecule has 0 aliphatic carbocycles. The van der Waals surface area contributed by atoms with E-state index in [2.05, 4.69) is 6.58 Å². The summed E-state index contributed by atoms with van der Waals surface area (Å²) in [4.78, 5) is 11.8. The molecule has 4 nitrogen and oxygen atoms in total. The van der Waals surface area contributed by atoms with Crippen LogP contribution in [0.25, 0.3) is 0 Å². The molecule has 2 rings (SSSR count). The van der Waals surface area contributed by atoms with Crippen molar-refractivity contribution < 1.29 is 19.0 Å². The van der Waals surface area contributed by atoms with E-state index in [9.17, 15) is 4.79 Å². The summed E-state index contributed by atoms with van der Waals surface area (Å²) in [6, 6.07) is 0. The molecular weight excluding hydrogens is 208 g/mol. The minimum absolute atomic E-state index is 0.0227. The highest BCUT2D eigenvalue weighted by atomic mass is 16.8. The number of carbonyl (C=O) groups excluding carboxylic acids is 1. The van der Waals surface area contributed by atoms with Gasteiger partial charge in [0.25, 0.3) is 0 Å². The van der Waals surface area contributed by atoms with E-state index in [-0.39, 0.29) is 18.0 Å². The van der Waals surface area contributed by atoms with Crippen molar-refractivity contribution >= 4 is 5.97 Å². The molecule has 0 aromatic rings. The Morgan fingerprint density at radius 1 is 1.31 bits per heavy atom. The molecule has 90 valence electrons. The maximum Gasteiger partial charge on any atom is 0.339 e. The first-order chi connectivity index (χ1) is 7.29. The topological polar surface area (TPSA) is 44.8 Å². The number of rotatable bonds is 1. The smallest absolute Gasteiger partial charge is 0.339 e. The summed E-state index contributed by atoms with van der Waals surface area (Å²) >= 11 is 0. The predicted molar refractivity (Wildman–Crippen MR) is 57.7 cm³/mol. The molecule has 2 saturated heterocycles. The predicted octanol–water partition coefficient (Wildman–Crippen LogP) is 1.64. The molecule has 0 bridgehead atoms. The summed E-state index contributed by atoms with van der Waals surface area (Å²) in [5.41, 5.74) is -0.679. The quantitative estimate of drug-likeness (QED) is 0.503. The van der Waals surface area contributed by atoms with Crippen molar-refractivity contribution in [2.45, 2.75) is 51.3 Å². The van der Waals surface area contributed by atoms with Crippen molar-refractivity contribution in [3.63, 3.8) is 0 Å². The molecule has 0 N–H and O–H groups in total. The van der Waals surface area contributed by atoms with Gasteiger partial charge in [-0.1, -0.05) is 13.5 Å². The Labute approximate surface area is 95.6 Å². The third-order valence-electron chi connectivity index (χ3n) is 3.48. The minimum atomic E-state index is -0.727. The SMILES string of the molecule is C=C[C@]1(C)OC(=O)[C@@H]2OC(C)(C)O[C@@H]2[C@H]1C. The molecule has 0 aromatic carbocycles. The molecule has 2 fully saturated rings. The molecule has 0 radical (unpaired) electrons. The van der Waals surface area contributed by atoms with E-state index in [1.165, 1.54) is 0 Å². The van der Waals surface area contributed by atoms with Crippen molar-refractivity contribution in [1.29, 1.82) is 0 Å². The number of fused-ring (bicyclic) bond motifs is 1. The molecule has 2 heterocycles. The van der Waals surface area contributed by atoms with E-state index in [4.69, 9.17) is 14.2 Å². The molecule has 0 amide bonds. The van der Waals surface area contributed by atoms with E-state index in [0.29, 0.717) is 0 Å². The zero-order chi connectivity index (χ0) is 12.1. The standard InChI is InChI=1S/C12H18O4/c1-6-12(5)7(2)8-9(10(13)16-12)15-11(3,4)14-8/h6-9H,1H2,2-5H3/t7-,8-,9-,12+/m1/s1. The van der Waals surface area contributed by atoms with Crippen LogP contribution >= 0.6 is 0 Å². The zero-order valence-electron chi connectivity index (χ0n) is 10.1. The van der Waals surface area contributed by atoms with E-state index < -0.39 is 17.5 Å². The fourth-order valence-electron chi connectivity index (χ4n) is 2.26. The van der Waals surface area contributed by atoms with Gasteiger partial charge in [-0.05, 0) is 26.8 Å². The number of esters is 1. The van der Waals surface area contributed by atoms with Crippen LogP contribution in [0, 0.1) is 5.92 Å². The van der Waals surface area contributed by atoms with Gasteiger partial charge in [-0.25, -0.2) is 4.79 Å². The van der Waals surface area contributed by atoms with Crippen molar-refractivity contribution in [3.8, 4) is 0 Å². The summed E-state index contributed by atoms with van der Waals surface area (Å²) in [5, 5.41) is 0. The van der Waals surface area contributed by atoms with Crippen molar-refractivity contribution in [2.75, 3.05) is 0 Å². The van der Waals surface area contributed by atoms with Crippen molar-refractivity contribution in [1.82, 2.24) is 0 Å². The fraction of sp³-hybridized carbons (Fsp3) is 0.750.